The van der Waals surface area contributed by atoms with Gasteiger partial charge >= 0.3 is 0 Å². The van der Waals surface area contributed by atoms with Crippen LogP contribution >= 0.6 is 15.9 Å². The van der Waals surface area contributed by atoms with E-state index < -0.39 is 0 Å². The van der Waals surface area contributed by atoms with E-state index in [2.05, 4.69) is 141 Å². The molecule has 9 rings (SSSR count). The van der Waals surface area contributed by atoms with Crippen molar-refractivity contribution in [1.82, 2.24) is 4.57 Å². The minimum Gasteiger partial charge on any atom is -0.456 e. The van der Waals surface area contributed by atoms with Crippen molar-refractivity contribution in [1.29, 1.82) is 0 Å². The molecule has 0 saturated carbocycles. The molecule has 4 heteroatoms. The number of allylic oxidation sites excluding steroid dienone is 2. The van der Waals surface area contributed by atoms with Crippen molar-refractivity contribution in [3.63, 3.8) is 0 Å². The Hall–Kier alpha value is -4.54. The Labute approximate surface area is 239 Å². The van der Waals surface area contributed by atoms with Gasteiger partial charge in [-0.3, -0.25) is 0 Å². The van der Waals surface area contributed by atoms with Crippen LogP contribution < -0.4 is 4.90 Å². The average molecular weight is 579 g/mol. The summed E-state index contributed by atoms with van der Waals surface area (Å²) in [6, 6.07) is 39.3. The maximum atomic E-state index is 6.16. The zero-order valence-electron chi connectivity index (χ0n) is 21.5. The second kappa shape index (κ2) is 8.23. The van der Waals surface area contributed by atoms with Gasteiger partial charge in [-0.1, -0.05) is 82.7 Å². The average Bonchev–Trinajstić information content (AvgIpc) is 3.64. The van der Waals surface area contributed by atoms with Gasteiger partial charge in [-0.25, -0.2) is 0 Å². The zero-order valence-corrected chi connectivity index (χ0v) is 23.0. The number of para-hydroxylation sites is 3. The van der Waals surface area contributed by atoms with Crippen molar-refractivity contribution in [2.75, 3.05) is 4.90 Å². The molecule has 0 saturated heterocycles. The Balaban J connectivity index is 1.21. The summed E-state index contributed by atoms with van der Waals surface area (Å²) in [5, 5.41) is 4.84. The lowest BCUT2D eigenvalue weighted by atomic mass is 9.90. The molecule has 40 heavy (non-hydrogen) atoms. The lowest BCUT2D eigenvalue weighted by Crippen LogP contribution is -2.29. The number of hydrogen-bond acceptors (Lipinski definition) is 2. The summed E-state index contributed by atoms with van der Waals surface area (Å²) in [6.07, 6.45) is 7.16. The first kappa shape index (κ1) is 22.3. The molecule has 0 radical (unpaired) electrons. The number of benzene rings is 5. The van der Waals surface area contributed by atoms with E-state index in [1.807, 2.05) is 12.1 Å². The van der Waals surface area contributed by atoms with E-state index in [9.17, 15) is 0 Å². The first-order valence-electron chi connectivity index (χ1n) is 13.6. The molecule has 0 bridgehead atoms. The van der Waals surface area contributed by atoms with Crippen LogP contribution in [-0.4, -0.2) is 10.6 Å². The van der Waals surface area contributed by atoms with Crippen LogP contribution in [0.15, 0.2) is 136 Å². The quantitative estimate of drug-likeness (QED) is 0.203. The Kier molecular flexibility index (Phi) is 4.59. The second-order valence-electron chi connectivity index (χ2n) is 10.7. The van der Waals surface area contributed by atoms with Gasteiger partial charge in [0, 0.05) is 49.0 Å². The molecule has 2 aliphatic rings. The van der Waals surface area contributed by atoms with Gasteiger partial charge in [0.25, 0.3) is 0 Å². The molecule has 3 nitrogen and oxygen atoms in total. The van der Waals surface area contributed by atoms with Crippen LogP contribution in [-0.2, 0) is 0 Å². The van der Waals surface area contributed by atoms with Crippen molar-refractivity contribution >= 4 is 76.7 Å². The number of aromatic nitrogens is 1. The third-order valence-corrected chi connectivity index (χ3v) is 9.06. The molecule has 3 heterocycles. The first-order chi connectivity index (χ1) is 19.7. The number of furan rings is 1. The standard InChI is InChI=1S/C36H23BrN2O/c37-22-13-17-35-29(19-22)30-21-24(15-18-36(30)40-35)39-33-12-6-3-9-27(33)28-20-23(14-16-34(28)39)38-31-10-4-1-7-25(31)26-8-2-5-11-32(26)38/h1-21,28,34H. The molecular formula is C36H23BrN2O. The number of rotatable bonds is 2. The third-order valence-electron chi connectivity index (χ3n) is 8.57. The molecule has 1 aliphatic carbocycles. The van der Waals surface area contributed by atoms with Crippen LogP contribution in [0.2, 0.25) is 0 Å². The van der Waals surface area contributed by atoms with Crippen LogP contribution in [0.3, 0.4) is 0 Å². The molecule has 2 unspecified atom stereocenters. The van der Waals surface area contributed by atoms with E-state index in [0.717, 1.165) is 26.4 Å². The third kappa shape index (κ3) is 3.05. The first-order valence-corrected chi connectivity index (χ1v) is 14.4. The lowest BCUT2D eigenvalue weighted by molar-refractivity contribution is 0.668. The summed E-state index contributed by atoms with van der Waals surface area (Å²) in [5.41, 5.74) is 9.31. The van der Waals surface area contributed by atoms with Gasteiger partial charge in [-0.15, -0.1) is 0 Å². The van der Waals surface area contributed by atoms with Crippen LogP contribution in [0.5, 0.6) is 0 Å². The Morgan fingerprint density at radius 1 is 0.650 bits per heavy atom. The SMILES string of the molecule is Brc1ccc2oc3ccc(N4c5ccccc5C5C=C(n6c7ccccc7c7ccccc76)C=CC54)cc3c2c1. The highest BCUT2D eigenvalue weighted by atomic mass is 79.9. The molecule has 2 atom stereocenters. The number of nitrogens with zero attached hydrogens (tertiary/aromatic N) is 2. The number of anilines is 2. The van der Waals surface area contributed by atoms with Crippen LogP contribution in [0.4, 0.5) is 11.4 Å². The highest BCUT2D eigenvalue weighted by Gasteiger charge is 2.38. The van der Waals surface area contributed by atoms with E-state index in [1.54, 1.807) is 0 Å². The highest BCUT2D eigenvalue weighted by molar-refractivity contribution is 9.10. The number of fused-ring (bicyclic) bond motifs is 9. The largest absolute Gasteiger partial charge is 0.456 e. The molecular weight excluding hydrogens is 556 g/mol. The van der Waals surface area contributed by atoms with Gasteiger partial charge in [-0.05, 0) is 66.2 Å². The van der Waals surface area contributed by atoms with Crippen LogP contribution in [0, 0.1) is 0 Å². The Bertz CT molecular complexity index is 2160. The van der Waals surface area contributed by atoms with Gasteiger partial charge in [0.2, 0.25) is 0 Å². The van der Waals surface area contributed by atoms with Gasteiger partial charge in [0.05, 0.1) is 17.1 Å². The van der Waals surface area contributed by atoms with E-state index in [-0.39, 0.29) is 12.0 Å². The molecule has 0 N–H and O–H groups in total. The van der Waals surface area contributed by atoms with Gasteiger partial charge in [-0.2, -0.15) is 0 Å². The summed E-state index contributed by atoms with van der Waals surface area (Å²) in [5.74, 6) is 0.238. The van der Waals surface area contributed by atoms with Crippen molar-refractivity contribution in [2.24, 2.45) is 0 Å². The van der Waals surface area contributed by atoms with Gasteiger partial charge < -0.3 is 13.9 Å². The topological polar surface area (TPSA) is 21.3 Å². The normalized spacial score (nSPS) is 18.1. The summed E-state index contributed by atoms with van der Waals surface area (Å²) >= 11 is 3.64. The second-order valence-corrected chi connectivity index (χ2v) is 11.6. The molecule has 2 aromatic heterocycles. The maximum Gasteiger partial charge on any atom is 0.135 e. The van der Waals surface area contributed by atoms with E-state index >= 15 is 0 Å². The van der Waals surface area contributed by atoms with E-state index in [1.165, 1.54) is 44.4 Å². The molecule has 0 fully saturated rings. The molecule has 1 aliphatic heterocycles. The van der Waals surface area contributed by atoms with Crippen molar-refractivity contribution in [3.05, 3.63) is 137 Å². The fourth-order valence-corrected chi connectivity index (χ4v) is 7.23. The minimum atomic E-state index is 0.191. The fourth-order valence-electron chi connectivity index (χ4n) is 6.87. The minimum absolute atomic E-state index is 0.191. The predicted octanol–water partition coefficient (Wildman–Crippen LogP) is 10.2. The van der Waals surface area contributed by atoms with Crippen LogP contribution in [0.25, 0.3) is 49.4 Å². The lowest BCUT2D eigenvalue weighted by Gasteiger charge is -2.30. The van der Waals surface area contributed by atoms with Gasteiger partial charge in [0.15, 0.2) is 0 Å². The monoisotopic (exact) mass is 578 g/mol. The fraction of sp³-hybridized carbons (Fsp3) is 0.0556. The molecule has 5 aromatic carbocycles. The number of halogens is 1. The maximum absolute atomic E-state index is 6.16. The summed E-state index contributed by atoms with van der Waals surface area (Å²) < 4.78 is 9.64. The van der Waals surface area contributed by atoms with Crippen LogP contribution in [0.1, 0.15) is 11.5 Å². The molecule has 0 spiro atoms. The van der Waals surface area contributed by atoms with Crippen molar-refractivity contribution in [2.45, 2.75) is 12.0 Å². The Morgan fingerprint density at radius 3 is 2.12 bits per heavy atom. The van der Waals surface area contributed by atoms with Crippen molar-refractivity contribution < 1.29 is 4.42 Å². The van der Waals surface area contributed by atoms with Crippen molar-refractivity contribution in [3.8, 4) is 0 Å². The summed E-state index contributed by atoms with van der Waals surface area (Å²) in [7, 11) is 0. The molecule has 0 amide bonds. The van der Waals surface area contributed by atoms with E-state index in [4.69, 9.17) is 4.42 Å². The number of hydrogen-bond donors (Lipinski definition) is 0. The Morgan fingerprint density at radius 2 is 1.32 bits per heavy atom. The predicted molar refractivity (Wildman–Crippen MR) is 169 cm³/mol. The summed E-state index contributed by atoms with van der Waals surface area (Å²) in [4.78, 5) is 2.49. The molecule has 7 aromatic rings. The van der Waals surface area contributed by atoms with E-state index in [0.29, 0.717) is 0 Å². The molecule has 190 valence electrons. The summed E-state index contributed by atoms with van der Waals surface area (Å²) in [6.45, 7) is 0. The smallest absolute Gasteiger partial charge is 0.135 e. The zero-order chi connectivity index (χ0) is 26.4. The van der Waals surface area contributed by atoms with Gasteiger partial charge in [0.1, 0.15) is 11.2 Å². The highest BCUT2D eigenvalue weighted by Crippen LogP contribution is 2.50.